The minimum absolute atomic E-state index is 0.493. The van der Waals surface area contributed by atoms with Crippen LogP contribution in [0, 0.1) is 11.3 Å². The third-order valence-corrected chi connectivity index (χ3v) is 6.19. The van der Waals surface area contributed by atoms with Crippen LogP contribution in [0.15, 0.2) is 0 Å². The zero-order chi connectivity index (χ0) is 15.1. The average Bonchev–Trinajstić information content (AvgIpc) is 2.44. The van der Waals surface area contributed by atoms with E-state index in [9.17, 15) is 0 Å². The second-order valence-electron chi connectivity index (χ2n) is 7.29. The SMILES string of the molecule is COCCNCC1(CN2CCSC(C)C2)CCCC(C)C1. The fourth-order valence-corrected chi connectivity index (χ4v) is 5.25. The molecule has 1 N–H and O–H groups in total. The second kappa shape index (κ2) is 8.76. The first-order chi connectivity index (χ1) is 10.1. The van der Waals surface area contributed by atoms with Gasteiger partial charge in [0.05, 0.1) is 6.61 Å². The van der Waals surface area contributed by atoms with Crippen LogP contribution in [0.25, 0.3) is 0 Å². The topological polar surface area (TPSA) is 24.5 Å². The van der Waals surface area contributed by atoms with E-state index in [4.69, 9.17) is 4.74 Å². The lowest BCUT2D eigenvalue weighted by Crippen LogP contribution is -2.50. The molecule has 0 aromatic rings. The Morgan fingerprint density at radius 2 is 2.24 bits per heavy atom. The maximum absolute atomic E-state index is 5.17. The molecule has 1 saturated carbocycles. The van der Waals surface area contributed by atoms with Gasteiger partial charge in [0.15, 0.2) is 0 Å². The summed E-state index contributed by atoms with van der Waals surface area (Å²) in [6.45, 7) is 11.6. The second-order valence-corrected chi connectivity index (χ2v) is 8.83. The molecule has 21 heavy (non-hydrogen) atoms. The largest absolute Gasteiger partial charge is 0.383 e. The number of methoxy groups -OCH3 is 1. The predicted octanol–water partition coefficient (Wildman–Crippen LogP) is 2.86. The lowest BCUT2D eigenvalue weighted by molar-refractivity contribution is 0.0795. The van der Waals surface area contributed by atoms with Crippen LogP contribution in [0.1, 0.15) is 39.5 Å². The van der Waals surface area contributed by atoms with Gasteiger partial charge in [0.2, 0.25) is 0 Å². The van der Waals surface area contributed by atoms with Gasteiger partial charge in [0.1, 0.15) is 0 Å². The van der Waals surface area contributed by atoms with E-state index in [1.54, 1.807) is 7.11 Å². The van der Waals surface area contributed by atoms with Crippen molar-refractivity contribution in [3.8, 4) is 0 Å². The monoisotopic (exact) mass is 314 g/mol. The molecule has 2 fully saturated rings. The molecule has 0 aromatic carbocycles. The fraction of sp³-hybridized carbons (Fsp3) is 1.00. The number of hydrogen-bond donors (Lipinski definition) is 1. The normalized spacial score (nSPS) is 35.0. The van der Waals surface area contributed by atoms with Crippen molar-refractivity contribution >= 4 is 11.8 Å². The number of nitrogens with one attached hydrogen (secondary N) is 1. The molecule has 0 bridgehead atoms. The molecule has 4 heteroatoms. The van der Waals surface area contributed by atoms with Crippen LogP contribution >= 0.6 is 11.8 Å². The Kier molecular flexibility index (Phi) is 7.33. The molecule has 124 valence electrons. The highest BCUT2D eigenvalue weighted by Gasteiger charge is 2.36. The van der Waals surface area contributed by atoms with Gasteiger partial charge in [-0.05, 0) is 24.2 Å². The molecule has 0 radical (unpaired) electrons. The van der Waals surface area contributed by atoms with Crippen LogP contribution in [-0.4, -0.2) is 62.3 Å². The van der Waals surface area contributed by atoms with Crippen LogP contribution in [0.5, 0.6) is 0 Å². The molecule has 2 rings (SSSR count). The molecule has 0 amide bonds. The van der Waals surface area contributed by atoms with Gasteiger partial charge in [-0.1, -0.05) is 26.7 Å². The van der Waals surface area contributed by atoms with Crippen LogP contribution in [0.3, 0.4) is 0 Å². The maximum Gasteiger partial charge on any atom is 0.0587 e. The molecule has 1 heterocycles. The summed E-state index contributed by atoms with van der Waals surface area (Å²) in [7, 11) is 1.78. The smallest absolute Gasteiger partial charge is 0.0587 e. The van der Waals surface area contributed by atoms with Crippen LogP contribution < -0.4 is 5.32 Å². The first-order valence-electron chi connectivity index (χ1n) is 8.67. The minimum atomic E-state index is 0.493. The number of thioether (sulfide) groups is 1. The van der Waals surface area contributed by atoms with E-state index in [1.807, 2.05) is 0 Å². The van der Waals surface area contributed by atoms with Crippen molar-refractivity contribution in [3.63, 3.8) is 0 Å². The van der Waals surface area contributed by atoms with E-state index in [1.165, 1.54) is 57.6 Å². The van der Waals surface area contributed by atoms with Crippen molar-refractivity contribution in [1.29, 1.82) is 0 Å². The number of ether oxygens (including phenoxy) is 1. The fourth-order valence-electron chi connectivity index (χ4n) is 4.17. The summed E-state index contributed by atoms with van der Waals surface area (Å²) in [4.78, 5) is 2.73. The van der Waals surface area contributed by atoms with Gasteiger partial charge in [-0.25, -0.2) is 0 Å². The van der Waals surface area contributed by atoms with Crippen molar-refractivity contribution in [2.75, 3.05) is 52.2 Å². The van der Waals surface area contributed by atoms with Gasteiger partial charge in [-0.15, -0.1) is 0 Å². The Morgan fingerprint density at radius 1 is 1.38 bits per heavy atom. The van der Waals surface area contributed by atoms with Crippen molar-refractivity contribution in [1.82, 2.24) is 10.2 Å². The molecule has 2 aliphatic rings. The summed E-state index contributed by atoms with van der Waals surface area (Å²) < 4.78 is 5.17. The van der Waals surface area contributed by atoms with E-state index in [2.05, 4.69) is 35.8 Å². The third-order valence-electron chi connectivity index (χ3n) is 5.05. The van der Waals surface area contributed by atoms with Gasteiger partial charge < -0.3 is 15.0 Å². The average molecular weight is 315 g/mol. The standard InChI is InChI=1S/C17H34N2OS/c1-15-5-4-6-17(11-15,13-18-7-9-20-3)14-19-8-10-21-16(2)12-19/h15-16,18H,4-14H2,1-3H3. The predicted molar refractivity (Wildman–Crippen MR) is 93.2 cm³/mol. The van der Waals surface area contributed by atoms with Crippen molar-refractivity contribution in [2.24, 2.45) is 11.3 Å². The van der Waals surface area contributed by atoms with E-state index in [0.29, 0.717) is 5.41 Å². The highest BCUT2D eigenvalue weighted by molar-refractivity contribution is 7.99. The maximum atomic E-state index is 5.17. The van der Waals surface area contributed by atoms with E-state index < -0.39 is 0 Å². The summed E-state index contributed by atoms with van der Waals surface area (Å²) >= 11 is 2.13. The Balaban J connectivity index is 1.90. The molecule has 0 spiro atoms. The molecule has 3 nitrogen and oxygen atoms in total. The Morgan fingerprint density at radius 3 is 2.95 bits per heavy atom. The lowest BCUT2D eigenvalue weighted by Gasteiger charge is -2.45. The summed E-state index contributed by atoms with van der Waals surface area (Å²) in [6.07, 6.45) is 5.62. The van der Waals surface area contributed by atoms with Crippen molar-refractivity contribution < 1.29 is 4.74 Å². The van der Waals surface area contributed by atoms with E-state index >= 15 is 0 Å². The summed E-state index contributed by atoms with van der Waals surface area (Å²) in [5, 5.41) is 4.47. The highest BCUT2D eigenvalue weighted by Crippen LogP contribution is 2.40. The van der Waals surface area contributed by atoms with Crippen LogP contribution in [-0.2, 0) is 4.74 Å². The van der Waals surface area contributed by atoms with Gasteiger partial charge in [-0.3, -0.25) is 0 Å². The van der Waals surface area contributed by atoms with Gasteiger partial charge >= 0.3 is 0 Å². The number of hydrogen-bond acceptors (Lipinski definition) is 4. The van der Waals surface area contributed by atoms with E-state index in [-0.39, 0.29) is 0 Å². The van der Waals surface area contributed by atoms with Crippen molar-refractivity contribution in [2.45, 2.75) is 44.8 Å². The molecular formula is C17H34N2OS. The molecular weight excluding hydrogens is 280 g/mol. The molecule has 1 aliphatic carbocycles. The number of rotatable bonds is 7. The summed E-state index contributed by atoms with van der Waals surface area (Å²) in [6, 6.07) is 0. The molecule has 1 aliphatic heterocycles. The first-order valence-corrected chi connectivity index (χ1v) is 9.72. The Hall–Kier alpha value is 0.230. The lowest BCUT2D eigenvalue weighted by atomic mass is 9.69. The highest BCUT2D eigenvalue weighted by atomic mass is 32.2. The van der Waals surface area contributed by atoms with Crippen molar-refractivity contribution in [3.05, 3.63) is 0 Å². The zero-order valence-electron chi connectivity index (χ0n) is 14.2. The third kappa shape index (κ3) is 5.74. The van der Waals surface area contributed by atoms with Gasteiger partial charge in [0, 0.05) is 50.8 Å². The van der Waals surface area contributed by atoms with Crippen LogP contribution in [0.2, 0.25) is 0 Å². The first kappa shape index (κ1) is 17.6. The quantitative estimate of drug-likeness (QED) is 0.730. The summed E-state index contributed by atoms with van der Waals surface area (Å²) in [5.74, 6) is 2.20. The molecule has 3 unspecified atom stereocenters. The number of nitrogens with zero attached hydrogens (tertiary/aromatic N) is 1. The summed E-state index contributed by atoms with van der Waals surface area (Å²) in [5.41, 5.74) is 0.493. The van der Waals surface area contributed by atoms with E-state index in [0.717, 1.165) is 24.3 Å². The van der Waals surface area contributed by atoms with Gasteiger partial charge in [-0.2, -0.15) is 11.8 Å². The molecule has 1 saturated heterocycles. The van der Waals surface area contributed by atoms with Gasteiger partial charge in [0.25, 0.3) is 0 Å². The Labute approximate surface area is 135 Å². The van der Waals surface area contributed by atoms with Crippen LogP contribution in [0.4, 0.5) is 0 Å². The molecule has 3 atom stereocenters. The zero-order valence-corrected chi connectivity index (χ0v) is 15.0. The molecule has 0 aromatic heterocycles. The minimum Gasteiger partial charge on any atom is -0.383 e. The Bertz CT molecular complexity index is 303.